The van der Waals surface area contributed by atoms with E-state index in [0.29, 0.717) is 17.8 Å². The van der Waals surface area contributed by atoms with Crippen LogP contribution in [0.25, 0.3) is 0 Å². The average Bonchev–Trinajstić information content (AvgIpc) is 2.35. The maximum absolute atomic E-state index is 12.7. The molecule has 0 radical (unpaired) electrons. The number of ketones is 1. The number of carbonyl (C=O) groups excluding carboxylic acids is 1. The van der Waals surface area contributed by atoms with Crippen molar-refractivity contribution in [2.75, 3.05) is 0 Å². The third-order valence-electron chi connectivity index (χ3n) is 3.90. The summed E-state index contributed by atoms with van der Waals surface area (Å²) in [6, 6.07) is 4.49. The highest BCUT2D eigenvalue weighted by Gasteiger charge is 2.23. The van der Waals surface area contributed by atoms with Crippen molar-refractivity contribution in [3.63, 3.8) is 0 Å². The molecule has 0 saturated heterocycles. The lowest BCUT2D eigenvalue weighted by Crippen LogP contribution is -2.16. The minimum absolute atomic E-state index is 0.0508. The SMILES string of the molecule is CC(C)C(=O)c1c(C(C)C)cc(C(C)C)cc1C(C)C. The van der Waals surface area contributed by atoms with Gasteiger partial charge in [-0.2, -0.15) is 0 Å². The fourth-order valence-corrected chi connectivity index (χ4v) is 2.53. The van der Waals surface area contributed by atoms with Crippen LogP contribution >= 0.6 is 0 Å². The number of Topliss-reactive ketones (excluding diaryl/α,β-unsaturated/α-hetero) is 1. The van der Waals surface area contributed by atoms with E-state index in [-0.39, 0.29) is 11.7 Å². The van der Waals surface area contributed by atoms with Gasteiger partial charge < -0.3 is 0 Å². The molecular weight excluding hydrogens is 244 g/mol. The summed E-state index contributed by atoms with van der Waals surface area (Å²) >= 11 is 0. The van der Waals surface area contributed by atoms with Crippen molar-refractivity contribution in [1.82, 2.24) is 0 Å². The second-order valence-corrected chi connectivity index (χ2v) is 7.06. The number of hydrogen-bond donors (Lipinski definition) is 0. The van der Waals surface area contributed by atoms with Crippen LogP contribution in [0.1, 0.15) is 100 Å². The smallest absolute Gasteiger partial charge is 0.165 e. The molecule has 0 aliphatic heterocycles. The van der Waals surface area contributed by atoms with Gasteiger partial charge in [0.05, 0.1) is 0 Å². The molecule has 1 heteroatoms. The minimum Gasteiger partial charge on any atom is -0.294 e. The molecule has 1 nitrogen and oxygen atoms in total. The van der Waals surface area contributed by atoms with Gasteiger partial charge in [-0.05, 0) is 34.4 Å². The van der Waals surface area contributed by atoms with Gasteiger partial charge in [0, 0.05) is 11.5 Å². The van der Waals surface area contributed by atoms with Crippen molar-refractivity contribution in [3.05, 3.63) is 34.4 Å². The summed E-state index contributed by atoms with van der Waals surface area (Å²) in [5.41, 5.74) is 4.77. The van der Waals surface area contributed by atoms with Gasteiger partial charge in [0.15, 0.2) is 5.78 Å². The normalized spacial score (nSPS) is 12.0. The van der Waals surface area contributed by atoms with E-state index in [1.165, 1.54) is 16.7 Å². The van der Waals surface area contributed by atoms with Crippen LogP contribution in [0.4, 0.5) is 0 Å². The molecule has 0 saturated carbocycles. The molecule has 0 unspecified atom stereocenters. The lowest BCUT2D eigenvalue weighted by Gasteiger charge is -2.23. The van der Waals surface area contributed by atoms with Crippen LogP contribution in [0.15, 0.2) is 12.1 Å². The van der Waals surface area contributed by atoms with Crippen LogP contribution in [0.2, 0.25) is 0 Å². The van der Waals surface area contributed by atoms with E-state index in [9.17, 15) is 4.79 Å². The van der Waals surface area contributed by atoms with Gasteiger partial charge >= 0.3 is 0 Å². The average molecular weight is 274 g/mol. The first-order valence-electron chi connectivity index (χ1n) is 7.88. The number of hydrogen-bond acceptors (Lipinski definition) is 1. The zero-order chi connectivity index (χ0) is 15.6. The molecule has 0 aliphatic carbocycles. The molecule has 0 spiro atoms. The molecule has 0 atom stereocenters. The maximum atomic E-state index is 12.7. The largest absolute Gasteiger partial charge is 0.294 e. The van der Waals surface area contributed by atoms with Crippen molar-refractivity contribution in [1.29, 1.82) is 0 Å². The standard InChI is InChI=1S/C19H30O/c1-11(2)15-9-16(12(3)4)18(19(20)14(7)8)17(10-15)13(5)6/h9-14H,1-8H3. The van der Waals surface area contributed by atoms with E-state index in [1.54, 1.807) is 0 Å². The van der Waals surface area contributed by atoms with E-state index >= 15 is 0 Å². The Morgan fingerprint density at radius 3 is 1.40 bits per heavy atom. The topological polar surface area (TPSA) is 17.1 Å². The summed E-state index contributed by atoms with van der Waals surface area (Å²) in [6.07, 6.45) is 0. The van der Waals surface area contributed by atoms with Gasteiger partial charge in [0.1, 0.15) is 0 Å². The zero-order valence-electron chi connectivity index (χ0n) is 14.4. The minimum atomic E-state index is 0.0508. The Hall–Kier alpha value is -1.11. The van der Waals surface area contributed by atoms with Crippen LogP contribution in [-0.2, 0) is 0 Å². The van der Waals surface area contributed by atoms with Crippen molar-refractivity contribution in [2.24, 2.45) is 5.92 Å². The molecule has 20 heavy (non-hydrogen) atoms. The van der Waals surface area contributed by atoms with Crippen molar-refractivity contribution < 1.29 is 4.79 Å². The van der Waals surface area contributed by atoms with Gasteiger partial charge in [0.25, 0.3) is 0 Å². The summed E-state index contributed by atoms with van der Waals surface area (Å²) < 4.78 is 0. The first kappa shape index (κ1) is 16.9. The van der Waals surface area contributed by atoms with Gasteiger partial charge in [-0.3, -0.25) is 4.79 Å². The van der Waals surface area contributed by atoms with Crippen LogP contribution in [0.3, 0.4) is 0 Å². The Bertz CT molecular complexity index is 450. The van der Waals surface area contributed by atoms with E-state index in [4.69, 9.17) is 0 Å². The van der Waals surface area contributed by atoms with Crippen LogP contribution in [0, 0.1) is 5.92 Å². The number of carbonyl (C=O) groups is 1. The molecule has 0 aliphatic rings. The Morgan fingerprint density at radius 2 is 1.15 bits per heavy atom. The molecular formula is C19H30O. The van der Waals surface area contributed by atoms with Gasteiger partial charge in [-0.25, -0.2) is 0 Å². The summed E-state index contributed by atoms with van der Waals surface area (Å²) in [5.74, 6) is 1.59. The Morgan fingerprint density at radius 1 is 0.750 bits per heavy atom. The fourth-order valence-electron chi connectivity index (χ4n) is 2.53. The third kappa shape index (κ3) is 3.50. The molecule has 0 fully saturated rings. The summed E-state index contributed by atoms with van der Waals surface area (Å²) in [4.78, 5) is 12.7. The zero-order valence-corrected chi connectivity index (χ0v) is 14.4. The van der Waals surface area contributed by atoms with Gasteiger partial charge in [-0.15, -0.1) is 0 Å². The molecule has 0 amide bonds. The predicted molar refractivity (Wildman–Crippen MR) is 87.9 cm³/mol. The molecule has 1 rings (SSSR count). The Labute approximate surface area is 124 Å². The second-order valence-electron chi connectivity index (χ2n) is 7.06. The van der Waals surface area contributed by atoms with E-state index < -0.39 is 0 Å². The van der Waals surface area contributed by atoms with Gasteiger partial charge in [0.2, 0.25) is 0 Å². The van der Waals surface area contributed by atoms with E-state index in [2.05, 4.69) is 53.7 Å². The first-order chi connectivity index (χ1) is 9.16. The fraction of sp³-hybridized carbons (Fsp3) is 0.632. The lowest BCUT2D eigenvalue weighted by molar-refractivity contribution is 0.0936. The van der Waals surface area contributed by atoms with Crippen LogP contribution in [0.5, 0.6) is 0 Å². The molecule has 1 aromatic rings. The van der Waals surface area contributed by atoms with Crippen LogP contribution in [-0.4, -0.2) is 5.78 Å². The van der Waals surface area contributed by atoms with E-state index in [0.717, 1.165) is 5.56 Å². The maximum Gasteiger partial charge on any atom is 0.165 e. The second kappa shape index (κ2) is 6.56. The molecule has 1 aromatic carbocycles. The summed E-state index contributed by atoms with van der Waals surface area (Å²) in [5, 5.41) is 0. The molecule has 0 N–H and O–H groups in total. The predicted octanol–water partition coefficient (Wildman–Crippen LogP) is 5.90. The third-order valence-corrected chi connectivity index (χ3v) is 3.90. The lowest BCUT2D eigenvalue weighted by atomic mass is 9.81. The van der Waals surface area contributed by atoms with Crippen molar-refractivity contribution in [2.45, 2.75) is 73.1 Å². The molecule has 0 aromatic heterocycles. The van der Waals surface area contributed by atoms with Crippen LogP contribution < -0.4 is 0 Å². The number of benzene rings is 1. The van der Waals surface area contributed by atoms with Crippen molar-refractivity contribution in [3.8, 4) is 0 Å². The number of rotatable bonds is 5. The Balaban J connectivity index is 3.64. The van der Waals surface area contributed by atoms with Crippen molar-refractivity contribution >= 4 is 5.78 Å². The molecule has 0 bridgehead atoms. The van der Waals surface area contributed by atoms with Gasteiger partial charge in [-0.1, -0.05) is 67.5 Å². The monoisotopic (exact) mass is 274 g/mol. The summed E-state index contributed by atoms with van der Waals surface area (Å²) in [7, 11) is 0. The van der Waals surface area contributed by atoms with E-state index in [1.807, 2.05) is 13.8 Å². The quantitative estimate of drug-likeness (QED) is 0.611. The highest BCUT2D eigenvalue weighted by atomic mass is 16.1. The highest BCUT2D eigenvalue weighted by Crippen LogP contribution is 2.33. The summed E-state index contributed by atoms with van der Waals surface area (Å²) in [6.45, 7) is 17.1. The Kier molecular flexibility index (Phi) is 5.56. The molecule has 112 valence electrons. The molecule has 0 heterocycles. The highest BCUT2D eigenvalue weighted by molar-refractivity contribution is 6.00. The first-order valence-corrected chi connectivity index (χ1v) is 7.88.